The highest BCUT2D eigenvalue weighted by molar-refractivity contribution is 7.89. The molecule has 1 saturated heterocycles. The van der Waals surface area contributed by atoms with Crippen LogP contribution in [0.3, 0.4) is 0 Å². The number of sulfonamides is 1. The van der Waals surface area contributed by atoms with Crippen molar-refractivity contribution in [2.75, 3.05) is 26.3 Å². The summed E-state index contributed by atoms with van der Waals surface area (Å²) in [7, 11) is -3.85. The van der Waals surface area contributed by atoms with Crippen LogP contribution in [-0.4, -0.2) is 102 Å². The van der Waals surface area contributed by atoms with E-state index in [1.165, 1.54) is 44.5 Å². The minimum absolute atomic E-state index is 0.0784. The molecule has 5 aromatic rings. The zero-order valence-electron chi connectivity index (χ0n) is 24.8. The first kappa shape index (κ1) is 30.6. The number of aryl methyl sites for hydroxylation is 2. The molecule has 1 aliphatic rings. The van der Waals surface area contributed by atoms with E-state index in [9.17, 15) is 18.6 Å². The lowest BCUT2D eigenvalue weighted by molar-refractivity contribution is 0.0730. The van der Waals surface area contributed by atoms with E-state index in [0.717, 1.165) is 0 Å². The zero-order chi connectivity index (χ0) is 32.3. The first-order chi connectivity index (χ1) is 22.2. The third-order valence-corrected chi connectivity index (χ3v) is 9.26. The summed E-state index contributed by atoms with van der Waals surface area (Å²) in [5.74, 6) is -0.0283. The van der Waals surface area contributed by atoms with Gasteiger partial charge in [0.25, 0.3) is 0 Å². The molecule has 0 bridgehead atoms. The minimum atomic E-state index is -3.85. The molecule has 0 amide bonds. The Hall–Kier alpha value is -5.39. The van der Waals surface area contributed by atoms with Crippen LogP contribution >= 0.6 is 0 Å². The van der Waals surface area contributed by atoms with Gasteiger partial charge in [-0.15, -0.1) is 19.8 Å². The molecule has 236 valence electrons. The summed E-state index contributed by atoms with van der Waals surface area (Å²) < 4.78 is 34.0. The average Bonchev–Trinajstić information content (AvgIpc) is 3.68. The normalized spacial score (nSPS) is 14.6. The third-order valence-electron chi connectivity index (χ3n) is 7.36. The van der Waals surface area contributed by atoms with E-state index in [4.69, 9.17) is 4.74 Å². The van der Waals surface area contributed by atoms with Crippen molar-refractivity contribution in [2.24, 2.45) is 10.2 Å². The molecule has 0 saturated carbocycles. The summed E-state index contributed by atoms with van der Waals surface area (Å²) in [6.07, 6.45) is 3.06. The Bertz CT molecular complexity index is 1930. The highest BCUT2D eigenvalue weighted by Crippen LogP contribution is 2.41. The summed E-state index contributed by atoms with van der Waals surface area (Å²) in [4.78, 5) is 2.59. The standard InChI is InChI=1S/C29H29N11O5S/c1-19-32-34-36-39(19)30-17-21-6-8-27(41)25(14-21)29(23-4-3-5-24(16-23)46(43,44)38-10-12-45-13-11-38)26-15-22(7-9-28(26)42)18-31-40-20(2)33-35-37-40/h3-9,14-18,29,41-42H,10-13H2,1-2H3/b30-17+,31-18+. The van der Waals surface area contributed by atoms with Crippen LogP contribution in [0.4, 0.5) is 0 Å². The number of nitrogens with zero attached hydrogens (tertiary/aromatic N) is 11. The molecule has 0 spiro atoms. The molecule has 2 N–H and O–H groups in total. The topological polar surface area (TPSA) is 199 Å². The van der Waals surface area contributed by atoms with Crippen molar-refractivity contribution in [1.82, 2.24) is 44.9 Å². The Kier molecular flexibility index (Phi) is 8.60. The summed E-state index contributed by atoms with van der Waals surface area (Å²) in [6, 6.07) is 16.2. The van der Waals surface area contributed by atoms with Crippen molar-refractivity contribution in [3.8, 4) is 11.5 Å². The second-order valence-electron chi connectivity index (χ2n) is 10.4. The van der Waals surface area contributed by atoms with Crippen LogP contribution in [-0.2, 0) is 14.8 Å². The molecular formula is C29H29N11O5S. The highest BCUT2D eigenvalue weighted by Gasteiger charge is 2.29. The van der Waals surface area contributed by atoms with Gasteiger partial charge in [-0.2, -0.15) is 14.5 Å². The molecule has 17 heteroatoms. The predicted molar refractivity (Wildman–Crippen MR) is 164 cm³/mol. The SMILES string of the molecule is Cc1nnnn1/N=C/c1ccc(O)c(C(c2cccc(S(=O)(=O)N3CCOCC3)c2)c2cc(/C=N/n3nnnc3C)ccc2O)c1. The Morgan fingerprint density at radius 1 is 0.804 bits per heavy atom. The highest BCUT2D eigenvalue weighted by atomic mass is 32.2. The lowest BCUT2D eigenvalue weighted by Crippen LogP contribution is -2.40. The number of hydrogen-bond acceptors (Lipinski definition) is 13. The van der Waals surface area contributed by atoms with Crippen LogP contribution < -0.4 is 0 Å². The lowest BCUT2D eigenvalue weighted by Gasteiger charge is -2.27. The quantitative estimate of drug-likeness (QED) is 0.175. The number of ether oxygens (including phenoxy) is 1. The van der Waals surface area contributed by atoms with Gasteiger partial charge in [-0.05, 0) is 99.9 Å². The van der Waals surface area contributed by atoms with Gasteiger partial charge in [-0.25, -0.2) is 8.42 Å². The molecule has 3 heterocycles. The number of aromatic nitrogens is 8. The second kappa shape index (κ2) is 12.9. The van der Waals surface area contributed by atoms with Gasteiger partial charge < -0.3 is 14.9 Å². The van der Waals surface area contributed by atoms with E-state index in [0.29, 0.717) is 52.7 Å². The summed E-state index contributed by atoms with van der Waals surface area (Å²) in [5.41, 5.74) is 2.47. The first-order valence-electron chi connectivity index (χ1n) is 14.1. The summed E-state index contributed by atoms with van der Waals surface area (Å²) >= 11 is 0. The maximum absolute atomic E-state index is 13.6. The second-order valence-corrected chi connectivity index (χ2v) is 12.3. The van der Waals surface area contributed by atoms with Crippen LogP contribution in [0.25, 0.3) is 0 Å². The van der Waals surface area contributed by atoms with Crippen LogP contribution in [0.1, 0.15) is 45.4 Å². The van der Waals surface area contributed by atoms with Crippen LogP contribution in [0.15, 0.2) is 75.8 Å². The molecular weight excluding hydrogens is 614 g/mol. The monoisotopic (exact) mass is 643 g/mol. The Labute approximate surface area is 263 Å². The number of phenolic OH excluding ortho intramolecular Hbond substituents is 2. The molecule has 0 unspecified atom stereocenters. The summed E-state index contributed by atoms with van der Waals surface area (Å²) in [6.45, 7) is 4.49. The van der Waals surface area contributed by atoms with E-state index >= 15 is 0 Å². The van der Waals surface area contributed by atoms with E-state index in [1.807, 2.05) is 0 Å². The van der Waals surface area contributed by atoms with Crippen LogP contribution in [0.5, 0.6) is 11.5 Å². The van der Waals surface area contributed by atoms with Crippen molar-refractivity contribution in [3.05, 3.63) is 100 Å². The van der Waals surface area contributed by atoms with Crippen LogP contribution in [0, 0.1) is 13.8 Å². The fourth-order valence-corrected chi connectivity index (χ4v) is 6.46. The molecule has 2 aromatic heterocycles. The zero-order valence-corrected chi connectivity index (χ0v) is 25.6. The van der Waals surface area contributed by atoms with Crippen molar-refractivity contribution in [3.63, 3.8) is 0 Å². The van der Waals surface area contributed by atoms with Gasteiger partial charge >= 0.3 is 0 Å². The Morgan fingerprint density at radius 2 is 1.35 bits per heavy atom. The number of benzene rings is 3. The molecule has 16 nitrogen and oxygen atoms in total. The predicted octanol–water partition coefficient (Wildman–Crippen LogP) is 1.65. The minimum Gasteiger partial charge on any atom is -0.508 e. The fraction of sp³-hybridized carbons (Fsp3) is 0.241. The molecule has 1 aliphatic heterocycles. The largest absolute Gasteiger partial charge is 0.508 e. The maximum atomic E-state index is 13.6. The molecule has 3 aromatic carbocycles. The Morgan fingerprint density at radius 3 is 1.85 bits per heavy atom. The molecule has 6 rings (SSSR count). The lowest BCUT2D eigenvalue weighted by atomic mass is 9.83. The van der Waals surface area contributed by atoms with Crippen LogP contribution in [0.2, 0.25) is 0 Å². The first-order valence-corrected chi connectivity index (χ1v) is 15.6. The molecule has 1 fully saturated rings. The van der Waals surface area contributed by atoms with Gasteiger partial charge in [0.2, 0.25) is 10.0 Å². The third kappa shape index (κ3) is 6.37. The molecule has 0 atom stereocenters. The van der Waals surface area contributed by atoms with E-state index in [2.05, 4.69) is 41.3 Å². The number of rotatable bonds is 9. The van der Waals surface area contributed by atoms with Gasteiger partial charge in [0.1, 0.15) is 11.5 Å². The average molecular weight is 644 g/mol. The molecule has 0 aliphatic carbocycles. The van der Waals surface area contributed by atoms with Crippen molar-refractivity contribution in [2.45, 2.75) is 24.7 Å². The van der Waals surface area contributed by atoms with Crippen molar-refractivity contribution in [1.29, 1.82) is 0 Å². The van der Waals surface area contributed by atoms with Crippen molar-refractivity contribution < 1.29 is 23.4 Å². The van der Waals surface area contributed by atoms with E-state index in [-0.39, 0.29) is 29.5 Å². The number of phenols is 2. The smallest absolute Gasteiger partial charge is 0.243 e. The fourth-order valence-electron chi connectivity index (χ4n) is 5.00. The van der Waals surface area contributed by atoms with Gasteiger partial charge in [0, 0.05) is 30.1 Å². The van der Waals surface area contributed by atoms with E-state index < -0.39 is 15.9 Å². The Balaban J connectivity index is 1.48. The maximum Gasteiger partial charge on any atom is 0.243 e. The van der Waals surface area contributed by atoms with Crippen molar-refractivity contribution >= 4 is 22.5 Å². The number of tetrazole rings is 2. The van der Waals surface area contributed by atoms with Gasteiger partial charge in [-0.3, -0.25) is 0 Å². The number of hydrogen-bond donors (Lipinski definition) is 2. The molecule has 0 radical (unpaired) electrons. The van der Waals surface area contributed by atoms with Gasteiger partial charge in [0.05, 0.1) is 30.5 Å². The number of morpholine rings is 1. The van der Waals surface area contributed by atoms with Gasteiger partial charge in [0.15, 0.2) is 11.6 Å². The summed E-state index contributed by atoms with van der Waals surface area (Å²) in [5, 5.41) is 53.5. The van der Waals surface area contributed by atoms with E-state index in [1.54, 1.807) is 56.3 Å². The number of aromatic hydroxyl groups is 2. The molecule has 46 heavy (non-hydrogen) atoms. The van der Waals surface area contributed by atoms with Gasteiger partial charge in [-0.1, -0.05) is 12.1 Å².